The Morgan fingerprint density at radius 1 is 1.56 bits per heavy atom. The topological polar surface area (TPSA) is 58.7 Å². The Hall–Kier alpha value is -1.07. The monoisotopic (exact) mass is 301 g/mol. The van der Waals surface area contributed by atoms with E-state index in [1.165, 1.54) is 4.90 Å². The summed E-state index contributed by atoms with van der Waals surface area (Å²) in [5.74, 6) is 0.297. The lowest BCUT2D eigenvalue weighted by Crippen LogP contribution is -2.30. The van der Waals surface area contributed by atoms with Gasteiger partial charge in [-0.1, -0.05) is 17.7 Å². The Kier molecular flexibility index (Phi) is 2.90. The maximum absolute atomic E-state index is 11.3. The maximum atomic E-state index is 11.3. The van der Waals surface area contributed by atoms with Gasteiger partial charge in [0.25, 0.3) is 0 Å². The third-order valence-electron chi connectivity index (χ3n) is 2.45. The van der Waals surface area contributed by atoms with Gasteiger partial charge >= 0.3 is 6.03 Å². The molecule has 0 fully saturated rings. The molecule has 2 N–H and O–H groups in total. The minimum absolute atomic E-state index is 0.297. The van der Waals surface area contributed by atoms with Crippen LogP contribution < -0.4 is 5.73 Å². The highest BCUT2D eigenvalue weighted by Gasteiger charge is 2.31. The largest absolute Gasteiger partial charge is 0.385 e. The number of likely N-dealkylation sites (N-methyl/N-ethyl adjacent to an activating group) is 1. The molecule has 84 valence electrons. The summed E-state index contributed by atoms with van der Waals surface area (Å²) in [6, 6.07) is 4.80. The first-order valence-electron chi connectivity index (χ1n) is 4.56. The van der Waals surface area contributed by atoms with Crippen molar-refractivity contribution in [1.29, 1.82) is 0 Å². The third kappa shape index (κ3) is 1.81. The van der Waals surface area contributed by atoms with Gasteiger partial charge in [-0.3, -0.25) is 0 Å². The molecule has 1 aromatic carbocycles. The molecule has 16 heavy (non-hydrogen) atoms. The van der Waals surface area contributed by atoms with Crippen LogP contribution in [0.5, 0.6) is 0 Å². The molecule has 1 aliphatic rings. The van der Waals surface area contributed by atoms with Crippen LogP contribution in [0.4, 0.5) is 4.79 Å². The van der Waals surface area contributed by atoms with Crippen LogP contribution in [-0.2, 0) is 0 Å². The third-order valence-corrected chi connectivity index (χ3v) is 3.69. The highest BCUT2D eigenvalue weighted by atomic mass is 79.9. The molecular formula is C10H9BrClN3O. The lowest BCUT2D eigenvalue weighted by atomic mass is 10.1. The van der Waals surface area contributed by atoms with Gasteiger partial charge in [0.05, 0.1) is 5.02 Å². The lowest BCUT2D eigenvalue weighted by molar-refractivity contribution is 0.218. The molecule has 0 radical (unpaired) electrons. The van der Waals surface area contributed by atoms with Crippen LogP contribution in [-0.4, -0.2) is 23.8 Å². The van der Waals surface area contributed by atoms with Crippen molar-refractivity contribution < 1.29 is 4.79 Å². The second-order valence-corrected chi connectivity index (χ2v) is 4.77. The van der Waals surface area contributed by atoms with E-state index in [0.717, 1.165) is 10.0 Å². The van der Waals surface area contributed by atoms with Gasteiger partial charge in [-0.05, 0) is 33.6 Å². The van der Waals surface area contributed by atoms with Crippen molar-refractivity contribution in [2.24, 2.45) is 10.7 Å². The SMILES string of the molecule is CN1C(=O)N=C(N)C1c1ccc(Br)c(Cl)c1. The van der Waals surface area contributed by atoms with E-state index in [2.05, 4.69) is 20.9 Å². The van der Waals surface area contributed by atoms with E-state index in [9.17, 15) is 4.79 Å². The van der Waals surface area contributed by atoms with Crippen LogP contribution in [0.25, 0.3) is 0 Å². The average molecular weight is 303 g/mol. The van der Waals surface area contributed by atoms with Crippen molar-refractivity contribution in [2.75, 3.05) is 7.05 Å². The number of carbonyl (C=O) groups is 1. The van der Waals surface area contributed by atoms with E-state index in [4.69, 9.17) is 17.3 Å². The predicted molar refractivity (Wildman–Crippen MR) is 66.7 cm³/mol. The summed E-state index contributed by atoms with van der Waals surface area (Å²) in [4.78, 5) is 16.5. The molecule has 1 aromatic rings. The van der Waals surface area contributed by atoms with Crippen LogP contribution in [0.2, 0.25) is 5.02 Å². The first-order valence-corrected chi connectivity index (χ1v) is 5.73. The minimum atomic E-state index is -0.332. The molecule has 1 unspecified atom stereocenters. The van der Waals surface area contributed by atoms with E-state index in [1.54, 1.807) is 13.1 Å². The van der Waals surface area contributed by atoms with Gasteiger partial charge in [-0.2, -0.15) is 4.99 Å². The molecule has 0 saturated heterocycles. The number of halogens is 2. The Bertz CT molecular complexity index is 489. The number of carbonyl (C=O) groups excluding carboxylic acids is 1. The molecule has 0 saturated carbocycles. The van der Waals surface area contributed by atoms with Crippen LogP contribution >= 0.6 is 27.5 Å². The zero-order valence-corrected chi connectivity index (χ0v) is 10.8. The summed E-state index contributed by atoms with van der Waals surface area (Å²) < 4.78 is 0.806. The molecule has 0 aliphatic carbocycles. The quantitative estimate of drug-likeness (QED) is 0.867. The number of aliphatic imine (C=N–C) groups is 1. The first kappa shape index (κ1) is 11.4. The Labute approximate surface area is 106 Å². The van der Waals surface area contributed by atoms with Crippen molar-refractivity contribution in [3.63, 3.8) is 0 Å². The van der Waals surface area contributed by atoms with Crippen molar-refractivity contribution in [2.45, 2.75) is 6.04 Å². The minimum Gasteiger partial charge on any atom is -0.385 e. The number of nitrogens with zero attached hydrogens (tertiary/aromatic N) is 2. The Morgan fingerprint density at radius 3 is 2.75 bits per heavy atom. The number of urea groups is 1. The molecule has 2 amide bonds. The van der Waals surface area contributed by atoms with Crippen molar-refractivity contribution in [3.05, 3.63) is 33.3 Å². The number of hydrogen-bond acceptors (Lipinski definition) is 2. The second-order valence-electron chi connectivity index (χ2n) is 3.51. The molecule has 2 rings (SSSR count). The summed E-state index contributed by atoms with van der Waals surface area (Å²) in [7, 11) is 1.66. The van der Waals surface area contributed by atoms with Gasteiger partial charge < -0.3 is 10.6 Å². The number of nitrogens with two attached hydrogens (primary N) is 1. The van der Waals surface area contributed by atoms with Gasteiger partial charge in [0.1, 0.15) is 11.9 Å². The maximum Gasteiger partial charge on any atom is 0.345 e. The van der Waals surface area contributed by atoms with Gasteiger partial charge in [-0.15, -0.1) is 0 Å². The van der Waals surface area contributed by atoms with Gasteiger partial charge in [0, 0.05) is 11.5 Å². The molecule has 1 heterocycles. The molecule has 6 heteroatoms. The van der Waals surface area contributed by atoms with Gasteiger partial charge in [-0.25, -0.2) is 4.79 Å². The summed E-state index contributed by atoms with van der Waals surface area (Å²) in [6.07, 6.45) is 0. The first-order chi connectivity index (χ1) is 7.50. The number of amidine groups is 1. The van der Waals surface area contributed by atoms with Crippen LogP contribution in [0.1, 0.15) is 11.6 Å². The standard InChI is InChI=1S/C10H9BrClN3O/c1-15-8(9(13)14-10(15)16)5-2-3-6(11)7(12)4-5/h2-4,8H,1H3,(H2,13,14,16). The highest BCUT2D eigenvalue weighted by molar-refractivity contribution is 9.10. The van der Waals surface area contributed by atoms with E-state index in [-0.39, 0.29) is 12.1 Å². The fraction of sp³-hybridized carbons (Fsp3) is 0.200. The van der Waals surface area contributed by atoms with E-state index in [0.29, 0.717) is 10.9 Å². The molecule has 0 bridgehead atoms. The van der Waals surface area contributed by atoms with Crippen LogP contribution in [0.3, 0.4) is 0 Å². The van der Waals surface area contributed by atoms with Gasteiger partial charge in [0.15, 0.2) is 0 Å². The van der Waals surface area contributed by atoms with E-state index < -0.39 is 0 Å². The Morgan fingerprint density at radius 2 is 2.25 bits per heavy atom. The zero-order valence-electron chi connectivity index (χ0n) is 8.45. The summed E-state index contributed by atoms with van der Waals surface area (Å²) in [6.45, 7) is 0. The second kappa shape index (κ2) is 4.07. The summed E-state index contributed by atoms with van der Waals surface area (Å²) >= 11 is 9.30. The highest BCUT2D eigenvalue weighted by Crippen LogP contribution is 2.30. The normalized spacial score (nSPS) is 20.2. The smallest absolute Gasteiger partial charge is 0.345 e. The molecular weight excluding hydrogens is 293 g/mol. The predicted octanol–water partition coefficient (Wildman–Crippen LogP) is 2.57. The number of hydrogen-bond donors (Lipinski definition) is 1. The molecule has 4 nitrogen and oxygen atoms in total. The number of benzene rings is 1. The zero-order chi connectivity index (χ0) is 11.9. The van der Waals surface area contributed by atoms with Crippen molar-refractivity contribution in [1.82, 2.24) is 4.90 Å². The molecule has 1 aliphatic heterocycles. The summed E-state index contributed by atoms with van der Waals surface area (Å²) in [5.41, 5.74) is 6.56. The average Bonchev–Trinajstić information content (AvgIpc) is 2.47. The lowest BCUT2D eigenvalue weighted by Gasteiger charge is -2.20. The van der Waals surface area contributed by atoms with Crippen LogP contribution in [0.15, 0.2) is 27.7 Å². The molecule has 0 spiro atoms. The number of rotatable bonds is 1. The fourth-order valence-electron chi connectivity index (χ4n) is 1.64. The summed E-state index contributed by atoms with van der Waals surface area (Å²) in [5, 5.41) is 0.582. The van der Waals surface area contributed by atoms with Gasteiger partial charge in [0.2, 0.25) is 0 Å². The fourth-order valence-corrected chi connectivity index (χ4v) is 2.07. The van der Waals surface area contributed by atoms with E-state index in [1.807, 2.05) is 12.1 Å². The molecule has 0 aromatic heterocycles. The number of amides is 2. The van der Waals surface area contributed by atoms with Crippen molar-refractivity contribution >= 4 is 39.4 Å². The van der Waals surface area contributed by atoms with Crippen LogP contribution in [0, 0.1) is 0 Å². The molecule has 1 atom stereocenters. The van der Waals surface area contributed by atoms with Crippen molar-refractivity contribution in [3.8, 4) is 0 Å². The Balaban J connectivity index is 2.42. The van der Waals surface area contributed by atoms with E-state index >= 15 is 0 Å².